The molecule has 0 saturated carbocycles. The van der Waals surface area contributed by atoms with Crippen molar-refractivity contribution in [3.63, 3.8) is 0 Å². The van der Waals surface area contributed by atoms with Gasteiger partial charge in [-0.3, -0.25) is 4.57 Å². The number of esters is 1. The number of carbonyl (C=O) groups is 1. The third-order valence-corrected chi connectivity index (χ3v) is 2.93. The summed E-state index contributed by atoms with van der Waals surface area (Å²) in [6, 6.07) is 0. The van der Waals surface area contributed by atoms with Crippen molar-refractivity contribution in [2.75, 3.05) is 40.9 Å². The lowest BCUT2D eigenvalue weighted by atomic mass is 10.4. The Bertz CT molecular complexity index is 352. The van der Waals surface area contributed by atoms with Crippen LogP contribution in [0.1, 0.15) is 6.92 Å². The maximum absolute atomic E-state index is 11.4. The first kappa shape index (κ1) is 18.3. The molecule has 0 radical (unpaired) electrons. The van der Waals surface area contributed by atoms with Crippen molar-refractivity contribution < 1.29 is 32.5 Å². The Kier molecular flexibility index (Phi) is 7.47. The van der Waals surface area contributed by atoms with Crippen molar-refractivity contribution in [2.24, 2.45) is 0 Å². The number of likely N-dealkylation sites (N-methyl/N-ethyl adjacent to an activating group) is 1. The highest BCUT2D eigenvalue weighted by Gasteiger charge is 2.16. The largest absolute Gasteiger partial charge is 0.756 e. The van der Waals surface area contributed by atoms with E-state index in [0.717, 1.165) is 6.08 Å². The van der Waals surface area contributed by atoms with E-state index in [4.69, 9.17) is 4.74 Å². The molecule has 0 heterocycles. The summed E-state index contributed by atoms with van der Waals surface area (Å²) < 4.78 is 26.0. The second kappa shape index (κ2) is 7.77. The van der Waals surface area contributed by atoms with E-state index < -0.39 is 19.9 Å². The van der Waals surface area contributed by atoms with Gasteiger partial charge in [0.05, 0.1) is 27.7 Å². The fourth-order valence-electron chi connectivity index (χ4n) is 0.940. The lowest BCUT2D eigenvalue weighted by Gasteiger charge is -2.27. The molecule has 0 aromatic carbocycles. The van der Waals surface area contributed by atoms with Crippen LogP contribution >= 0.6 is 7.82 Å². The molecule has 0 bridgehead atoms. The molecule has 0 aliphatic heterocycles. The monoisotopic (exact) mass is 295 g/mol. The minimum Gasteiger partial charge on any atom is -0.756 e. The van der Waals surface area contributed by atoms with Gasteiger partial charge in [0.15, 0.2) is 0 Å². The van der Waals surface area contributed by atoms with Crippen molar-refractivity contribution >= 4 is 13.8 Å². The zero-order valence-electron chi connectivity index (χ0n) is 11.8. The maximum Gasteiger partial charge on any atom is 0.330 e. The molecule has 7 nitrogen and oxygen atoms in total. The highest BCUT2D eigenvalue weighted by atomic mass is 31.2. The van der Waals surface area contributed by atoms with Gasteiger partial charge >= 0.3 is 5.97 Å². The first-order valence-corrected chi connectivity index (χ1v) is 7.25. The van der Waals surface area contributed by atoms with Gasteiger partial charge in [-0.05, 0) is 6.92 Å². The molecule has 0 aromatic rings. The molecule has 0 aromatic heterocycles. The van der Waals surface area contributed by atoms with Crippen molar-refractivity contribution in [3.8, 4) is 0 Å². The number of hydrogen-bond acceptors (Lipinski definition) is 6. The van der Waals surface area contributed by atoms with E-state index in [-0.39, 0.29) is 13.2 Å². The second-order valence-corrected chi connectivity index (χ2v) is 6.45. The van der Waals surface area contributed by atoms with E-state index in [2.05, 4.69) is 15.6 Å². The van der Waals surface area contributed by atoms with Crippen molar-refractivity contribution in [2.45, 2.75) is 13.0 Å². The molecule has 0 fully saturated rings. The third-order valence-electron chi connectivity index (χ3n) is 1.96. The van der Waals surface area contributed by atoms with E-state index in [9.17, 15) is 14.3 Å². The summed E-state index contributed by atoms with van der Waals surface area (Å²) in [5.74, 6) is -0.636. The number of hydrogen-bond donors (Lipinski definition) is 0. The van der Waals surface area contributed by atoms with E-state index in [1.807, 2.05) is 21.1 Å². The first-order valence-electron chi connectivity index (χ1n) is 5.79. The molecule has 112 valence electrons. The Balaban J connectivity index is 3.99. The summed E-state index contributed by atoms with van der Waals surface area (Å²) in [5, 5.41) is 0. The third kappa shape index (κ3) is 10.9. The summed E-state index contributed by atoms with van der Waals surface area (Å²) in [6.45, 7) is 5.01. The minimum absolute atomic E-state index is 0.0328. The Labute approximate surface area is 114 Å². The molecule has 2 atom stereocenters. The van der Waals surface area contributed by atoms with Gasteiger partial charge in [0.2, 0.25) is 0 Å². The van der Waals surface area contributed by atoms with Crippen LogP contribution in [-0.2, 0) is 23.1 Å². The first-order chi connectivity index (χ1) is 8.56. The number of nitrogens with zero attached hydrogens (tertiary/aromatic N) is 1. The molecule has 2 unspecified atom stereocenters. The molecule has 0 aliphatic carbocycles. The Morgan fingerprint density at radius 2 is 2.00 bits per heavy atom. The van der Waals surface area contributed by atoms with Crippen LogP contribution in [0.4, 0.5) is 0 Å². The molecule has 0 spiro atoms. The van der Waals surface area contributed by atoms with E-state index in [1.165, 1.54) is 6.92 Å². The molecule has 0 amide bonds. The van der Waals surface area contributed by atoms with Crippen LogP contribution in [0.15, 0.2) is 12.7 Å². The van der Waals surface area contributed by atoms with Gasteiger partial charge in [0.1, 0.15) is 19.3 Å². The predicted molar refractivity (Wildman–Crippen MR) is 68.2 cm³/mol. The Morgan fingerprint density at radius 3 is 2.47 bits per heavy atom. The van der Waals surface area contributed by atoms with E-state index in [0.29, 0.717) is 11.0 Å². The highest BCUT2D eigenvalue weighted by Crippen LogP contribution is 2.38. The number of carbonyl (C=O) groups excluding carboxylic acids is 1. The SMILES string of the molecule is C=CC(=O)OC(C)COP(=O)([O-])OCC[N+](C)(C)C. The van der Waals surface area contributed by atoms with Crippen LogP contribution in [-0.4, -0.2) is 57.5 Å². The fraction of sp³-hybridized carbons (Fsp3) is 0.727. The molecule has 8 heteroatoms. The average Bonchev–Trinajstić information content (AvgIpc) is 2.24. The van der Waals surface area contributed by atoms with Crippen LogP contribution < -0.4 is 4.89 Å². The van der Waals surface area contributed by atoms with Crippen LogP contribution in [0.3, 0.4) is 0 Å². The van der Waals surface area contributed by atoms with Gasteiger partial charge in [-0.2, -0.15) is 0 Å². The van der Waals surface area contributed by atoms with E-state index in [1.54, 1.807) is 0 Å². The molecule has 0 saturated heterocycles. The standard InChI is InChI=1S/C11H22NO6P/c1-6-11(13)18-10(2)9-17-19(14,15)16-8-7-12(3,4)5/h6,10H,1,7-9H2,2-5H3. The smallest absolute Gasteiger partial charge is 0.330 e. The molecular weight excluding hydrogens is 273 g/mol. The quantitative estimate of drug-likeness (QED) is 0.263. The summed E-state index contributed by atoms with van der Waals surface area (Å²) >= 11 is 0. The topological polar surface area (TPSA) is 84.9 Å². The Morgan fingerprint density at radius 1 is 1.42 bits per heavy atom. The minimum atomic E-state index is -4.36. The summed E-state index contributed by atoms with van der Waals surface area (Å²) in [6.07, 6.45) is 0.292. The number of phosphoric acid groups is 1. The van der Waals surface area contributed by atoms with Gasteiger partial charge in [-0.15, -0.1) is 0 Å². The molecule has 19 heavy (non-hydrogen) atoms. The number of phosphoric ester groups is 1. The molecular formula is C11H22NO6P. The number of ether oxygens (including phenoxy) is 1. The van der Waals surface area contributed by atoms with Crippen LogP contribution in [0, 0.1) is 0 Å². The Hall–Kier alpha value is -0.720. The number of quaternary nitrogens is 1. The predicted octanol–water partition coefficient (Wildman–Crippen LogP) is 0.312. The molecule has 0 aliphatic rings. The van der Waals surface area contributed by atoms with Crippen LogP contribution in [0.25, 0.3) is 0 Å². The van der Waals surface area contributed by atoms with E-state index >= 15 is 0 Å². The summed E-state index contributed by atoms with van der Waals surface area (Å²) in [4.78, 5) is 22.2. The normalized spacial score (nSPS) is 16.5. The number of rotatable bonds is 9. The van der Waals surface area contributed by atoms with Crippen LogP contribution in [0.5, 0.6) is 0 Å². The second-order valence-electron chi connectivity index (χ2n) is 5.04. The fourth-order valence-corrected chi connectivity index (χ4v) is 1.71. The van der Waals surface area contributed by atoms with Gasteiger partial charge < -0.3 is 23.2 Å². The van der Waals surface area contributed by atoms with Crippen molar-refractivity contribution in [1.29, 1.82) is 0 Å². The summed E-state index contributed by atoms with van der Waals surface area (Å²) in [7, 11) is 1.38. The van der Waals surface area contributed by atoms with Crippen LogP contribution in [0.2, 0.25) is 0 Å². The zero-order chi connectivity index (χ0) is 15.1. The van der Waals surface area contributed by atoms with Crippen molar-refractivity contribution in [3.05, 3.63) is 12.7 Å². The average molecular weight is 295 g/mol. The highest BCUT2D eigenvalue weighted by molar-refractivity contribution is 7.45. The lowest BCUT2D eigenvalue weighted by molar-refractivity contribution is -0.870. The zero-order valence-corrected chi connectivity index (χ0v) is 12.7. The summed E-state index contributed by atoms with van der Waals surface area (Å²) in [5.41, 5.74) is 0. The van der Waals surface area contributed by atoms with Crippen molar-refractivity contribution in [1.82, 2.24) is 0 Å². The van der Waals surface area contributed by atoms with Gasteiger partial charge in [0, 0.05) is 6.08 Å². The molecule has 0 rings (SSSR count). The molecule has 0 N–H and O–H groups in total. The van der Waals surface area contributed by atoms with Gasteiger partial charge in [-0.25, -0.2) is 4.79 Å². The van der Waals surface area contributed by atoms with Gasteiger partial charge in [0.25, 0.3) is 7.82 Å². The maximum atomic E-state index is 11.4. The lowest BCUT2D eigenvalue weighted by Crippen LogP contribution is -2.37. The van der Waals surface area contributed by atoms with Gasteiger partial charge in [-0.1, -0.05) is 6.58 Å².